The smallest absolute Gasteiger partial charge is 0.278 e. The van der Waals surface area contributed by atoms with Gasteiger partial charge in [-0.3, -0.25) is 10.1 Å². The van der Waals surface area contributed by atoms with Gasteiger partial charge in [-0.1, -0.05) is 11.6 Å². The van der Waals surface area contributed by atoms with Gasteiger partial charge >= 0.3 is 0 Å². The van der Waals surface area contributed by atoms with E-state index in [1.54, 1.807) is 0 Å². The maximum atomic E-state index is 11.1. The lowest BCUT2D eigenvalue weighted by molar-refractivity contribution is -0.385. The maximum Gasteiger partial charge on any atom is 0.278 e. The molecule has 0 aromatic heterocycles. The molecule has 1 aromatic rings. The molecule has 0 amide bonds. The van der Waals surface area contributed by atoms with Crippen LogP contribution in [0.25, 0.3) is 5.57 Å². The Balaban J connectivity index is 2.65. The van der Waals surface area contributed by atoms with Gasteiger partial charge in [0.15, 0.2) is 0 Å². The molecule has 1 aliphatic rings. The van der Waals surface area contributed by atoms with Gasteiger partial charge in [-0.15, -0.1) is 0 Å². The summed E-state index contributed by atoms with van der Waals surface area (Å²) >= 11 is 5.90. The number of nitro benzene ring substituents is 1. The summed E-state index contributed by atoms with van der Waals surface area (Å²) in [6, 6.07) is 6.37. The number of benzene rings is 1. The van der Waals surface area contributed by atoms with E-state index in [-0.39, 0.29) is 5.69 Å². The molecular weight excluding hydrogens is 266 g/mol. The molecule has 0 atom stereocenters. The van der Waals surface area contributed by atoms with E-state index >= 15 is 0 Å². The first-order valence-corrected chi connectivity index (χ1v) is 6.21. The standard InChI is InChI=1S/C13H12ClN3O2/c1-16-6-2-3-12(16)11(8-15)10-7-9(14)4-5-13(10)17(18)19/h4-5,7H,2-3,6H2,1H3/b12-11+. The van der Waals surface area contributed by atoms with Crippen LogP contribution in [0.1, 0.15) is 18.4 Å². The van der Waals surface area contributed by atoms with Crippen molar-refractivity contribution >= 4 is 22.9 Å². The van der Waals surface area contributed by atoms with Crippen molar-refractivity contribution in [1.82, 2.24) is 4.90 Å². The highest BCUT2D eigenvalue weighted by atomic mass is 35.5. The largest absolute Gasteiger partial charge is 0.377 e. The fourth-order valence-electron chi connectivity index (χ4n) is 2.27. The molecule has 1 heterocycles. The Morgan fingerprint density at radius 1 is 1.58 bits per heavy atom. The van der Waals surface area contributed by atoms with Crippen molar-refractivity contribution in [3.8, 4) is 6.07 Å². The molecule has 98 valence electrons. The second-order valence-electron chi connectivity index (χ2n) is 4.38. The Bertz CT molecular complexity index is 604. The second-order valence-corrected chi connectivity index (χ2v) is 4.81. The van der Waals surface area contributed by atoms with Crippen molar-refractivity contribution in [2.75, 3.05) is 13.6 Å². The molecule has 19 heavy (non-hydrogen) atoms. The van der Waals surface area contributed by atoms with E-state index in [0.29, 0.717) is 16.2 Å². The predicted molar refractivity (Wildman–Crippen MR) is 72.5 cm³/mol. The molecule has 0 N–H and O–H groups in total. The van der Waals surface area contributed by atoms with E-state index in [0.717, 1.165) is 25.1 Å². The third-order valence-electron chi connectivity index (χ3n) is 3.19. The highest BCUT2D eigenvalue weighted by Crippen LogP contribution is 2.34. The number of allylic oxidation sites excluding steroid dienone is 2. The normalized spacial score (nSPS) is 17.2. The summed E-state index contributed by atoms with van der Waals surface area (Å²) < 4.78 is 0. The molecule has 1 fully saturated rings. The number of nitrogens with zero attached hydrogens (tertiary/aromatic N) is 3. The summed E-state index contributed by atoms with van der Waals surface area (Å²) in [7, 11) is 1.88. The van der Waals surface area contributed by atoms with Gasteiger partial charge < -0.3 is 4.90 Å². The molecule has 6 heteroatoms. The number of hydrogen-bond acceptors (Lipinski definition) is 4. The molecule has 2 rings (SSSR count). The van der Waals surface area contributed by atoms with E-state index < -0.39 is 4.92 Å². The second kappa shape index (κ2) is 5.29. The first kappa shape index (κ1) is 13.4. The van der Waals surface area contributed by atoms with E-state index in [1.165, 1.54) is 18.2 Å². The zero-order chi connectivity index (χ0) is 14.0. The minimum absolute atomic E-state index is 0.0891. The highest BCUT2D eigenvalue weighted by molar-refractivity contribution is 6.30. The van der Waals surface area contributed by atoms with Crippen LogP contribution in [0, 0.1) is 21.4 Å². The van der Waals surface area contributed by atoms with Gasteiger partial charge in [0.25, 0.3) is 5.69 Å². The number of hydrogen-bond donors (Lipinski definition) is 0. The Morgan fingerprint density at radius 2 is 2.32 bits per heavy atom. The Kier molecular flexibility index (Phi) is 3.72. The Hall–Kier alpha value is -2.06. The molecule has 1 saturated heterocycles. The van der Waals surface area contributed by atoms with E-state index in [9.17, 15) is 15.4 Å². The van der Waals surface area contributed by atoms with Crippen molar-refractivity contribution < 1.29 is 4.92 Å². The first-order valence-electron chi connectivity index (χ1n) is 5.83. The molecular formula is C13H12ClN3O2. The van der Waals surface area contributed by atoms with Crippen molar-refractivity contribution in [3.63, 3.8) is 0 Å². The third kappa shape index (κ3) is 2.54. The summed E-state index contributed by atoms with van der Waals surface area (Å²) in [5.41, 5.74) is 1.39. The van der Waals surface area contributed by atoms with Crippen LogP contribution in [0.2, 0.25) is 5.02 Å². The van der Waals surface area contributed by atoms with Gasteiger partial charge in [0.2, 0.25) is 0 Å². The van der Waals surface area contributed by atoms with E-state index in [1.807, 2.05) is 11.9 Å². The van der Waals surface area contributed by atoms with Crippen molar-refractivity contribution in [2.45, 2.75) is 12.8 Å². The minimum Gasteiger partial charge on any atom is -0.377 e. The lowest BCUT2D eigenvalue weighted by atomic mass is 10.0. The minimum atomic E-state index is -0.488. The van der Waals surface area contributed by atoms with Gasteiger partial charge in [-0.25, -0.2) is 0 Å². The summed E-state index contributed by atoms with van der Waals surface area (Å²) in [6.45, 7) is 0.856. The lowest BCUT2D eigenvalue weighted by Crippen LogP contribution is -2.12. The van der Waals surface area contributed by atoms with Crippen molar-refractivity contribution in [2.24, 2.45) is 0 Å². The number of nitro groups is 1. The number of likely N-dealkylation sites (tertiary alicyclic amines) is 1. The van der Waals surface area contributed by atoms with Crippen LogP contribution in [0.15, 0.2) is 23.9 Å². The van der Waals surface area contributed by atoms with Crippen LogP contribution >= 0.6 is 11.6 Å². The van der Waals surface area contributed by atoms with Crippen LogP contribution in [0.4, 0.5) is 5.69 Å². The quantitative estimate of drug-likeness (QED) is 0.473. The van der Waals surface area contributed by atoms with E-state index in [2.05, 4.69) is 6.07 Å². The average molecular weight is 278 g/mol. The molecule has 0 spiro atoms. The molecule has 0 radical (unpaired) electrons. The van der Waals surface area contributed by atoms with Gasteiger partial charge in [-0.2, -0.15) is 5.26 Å². The number of nitriles is 1. The van der Waals surface area contributed by atoms with Crippen LogP contribution in [-0.2, 0) is 0 Å². The van der Waals surface area contributed by atoms with Gasteiger partial charge in [0, 0.05) is 30.4 Å². The maximum absolute atomic E-state index is 11.1. The van der Waals surface area contributed by atoms with Crippen molar-refractivity contribution in [1.29, 1.82) is 5.26 Å². The fourth-order valence-corrected chi connectivity index (χ4v) is 2.45. The average Bonchev–Trinajstić information content (AvgIpc) is 2.77. The highest BCUT2D eigenvalue weighted by Gasteiger charge is 2.24. The van der Waals surface area contributed by atoms with Crippen LogP contribution in [0.5, 0.6) is 0 Å². The molecule has 1 aromatic carbocycles. The molecule has 0 unspecified atom stereocenters. The summed E-state index contributed by atoms with van der Waals surface area (Å²) in [6.07, 6.45) is 1.70. The van der Waals surface area contributed by atoms with Gasteiger partial charge in [0.05, 0.1) is 16.1 Å². The summed E-state index contributed by atoms with van der Waals surface area (Å²) in [4.78, 5) is 12.5. The first-order chi connectivity index (χ1) is 9.04. The topological polar surface area (TPSA) is 70.2 Å². The van der Waals surface area contributed by atoms with E-state index in [4.69, 9.17) is 11.6 Å². The van der Waals surface area contributed by atoms with Crippen LogP contribution in [0.3, 0.4) is 0 Å². The molecule has 0 bridgehead atoms. The van der Waals surface area contributed by atoms with Crippen LogP contribution in [-0.4, -0.2) is 23.4 Å². The van der Waals surface area contributed by atoms with Crippen molar-refractivity contribution in [3.05, 3.63) is 44.6 Å². The molecule has 0 aliphatic carbocycles. The van der Waals surface area contributed by atoms with Gasteiger partial charge in [0.1, 0.15) is 6.07 Å². The predicted octanol–water partition coefficient (Wildman–Crippen LogP) is 3.21. The SMILES string of the molecule is CN1CCC/C1=C(/C#N)c1cc(Cl)ccc1[N+](=O)[O-]. The number of rotatable bonds is 2. The van der Waals surface area contributed by atoms with Gasteiger partial charge in [-0.05, 0) is 25.0 Å². The molecule has 5 nitrogen and oxygen atoms in total. The Morgan fingerprint density at radius 3 is 2.84 bits per heavy atom. The fraction of sp³-hybridized carbons (Fsp3) is 0.308. The number of halogens is 1. The lowest BCUT2D eigenvalue weighted by Gasteiger charge is -2.15. The third-order valence-corrected chi connectivity index (χ3v) is 3.43. The molecule has 1 aliphatic heterocycles. The Labute approximate surface area is 115 Å². The monoisotopic (exact) mass is 277 g/mol. The summed E-state index contributed by atoms with van der Waals surface area (Å²) in [5, 5.41) is 20.8. The molecule has 0 saturated carbocycles. The zero-order valence-corrected chi connectivity index (χ0v) is 11.1. The summed E-state index contributed by atoms with van der Waals surface area (Å²) in [5.74, 6) is 0. The zero-order valence-electron chi connectivity index (χ0n) is 10.4. The van der Waals surface area contributed by atoms with Crippen LogP contribution < -0.4 is 0 Å².